The molecule has 38 heavy (non-hydrogen) atoms. The summed E-state index contributed by atoms with van der Waals surface area (Å²) < 4.78 is 0. The number of nitrogens with one attached hydrogen (secondary N) is 2. The van der Waals surface area contributed by atoms with Crippen molar-refractivity contribution < 1.29 is 29.5 Å². The SMILES string of the molecule is N=CN1CC(CN2CC/C(=C\C3=C(C(=O)O)N4C(=O)[C@@H](NC(=O)/C(=N\O)c5csc(N)n5)[C@H]4SC3)C2=O)C1. The Bertz CT molecular complexity index is 1320. The molecule has 0 saturated carbocycles. The Morgan fingerprint density at radius 3 is 2.74 bits per heavy atom. The Kier molecular flexibility index (Phi) is 6.83. The number of β-lactam (4-membered cyclic amide) rings is 1. The van der Waals surface area contributed by atoms with E-state index in [-0.39, 0.29) is 28.2 Å². The second-order valence-electron chi connectivity index (χ2n) is 9.18. The fourth-order valence-electron chi connectivity index (χ4n) is 4.90. The van der Waals surface area contributed by atoms with Crippen LogP contribution in [0.5, 0.6) is 0 Å². The van der Waals surface area contributed by atoms with Crippen LogP contribution in [0.2, 0.25) is 0 Å². The summed E-state index contributed by atoms with van der Waals surface area (Å²) in [5.41, 5.74) is 5.83. The predicted octanol–water partition coefficient (Wildman–Crippen LogP) is -0.660. The van der Waals surface area contributed by atoms with Gasteiger partial charge >= 0.3 is 5.97 Å². The van der Waals surface area contributed by atoms with Crippen LogP contribution in [0.4, 0.5) is 5.13 Å². The number of nitrogen functional groups attached to an aromatic ring is 1. The topological polar surface area (TPSA) is 206 Å². The largest absolute Gasteiger partial charge is 0.477 e. The third-order valence-electron chi connectivity index (χ3n) is 6.77. The van der Waals surface area contributed by atoms with Gasteiger partial charge in [0.25, 0.3) is 11.8 Å². The minimum Gasteiger partial charge on any atom is -0.477 e. The summed E-state index contributed by atoms with van der Waals surface area (Å²) in [7, 11) is 0. The van der Waals surface area contributed by atoms with Crippen molar-refractivity contribution in [3.05, 3.63) is 34.0 Å². The molecule has 1 aromatic heterocycles. The minimum atomic E-state index is -1.31. The number of oxime groups is 1. The van der Waals surface area contributed by atoms with Crippen LogP contribution in [0.25, 0.3) is 0 Å². The molecule has 1 aromatic rings. The Morgan fingerprint density at radius 1 is 1.34 bits per heavy atom. The van der Waals surface area contributed by atoms with Crippen LogP contribution < -0.4 is 11.1 Å². The number of carbonyl (C=O) groups is 4. The van der Waals surface area contributed by atoms with E-state index < -0.39 is 34.9 Å². The highest BCUT2D eigenvalue weighted by Crippen LogP contribution is 2.41. The maximum atomic E-state index is 13.0. The van der Waals surface area contributed by atoms with E-state index in [4.69, 9.17) is 11.1 Å². The number of hydrogen-bond acceptors (Lipinski definition) is 11. The van der Waals surface area contributed by atoms with Crippen LogP contribution in [-0.2, 0) is 19.2 Å². The summed E-state index contributed by atoms with van der Waals surface area (Å²) >= 11 is 2.31. The van der Waals surface area contributed by atoms with Gasteiger partial charge in [-0.15, -0.1) is 23.1 Å². The summed E-state index contributed by atoms with van der Waals surface area (Å²) in [5.74, 6) is -2.41. The molecule has 200 valence electrons. The Morgan fingerprint density at radius 2 is 2.11 bits per heavy atom. The molecule has 14 nitrogen and oxygen atoms in total. The minimum absolute atomic E-state index is 0.0482. The van der Waals surface area contributed by atoms with E-state index in [1.165, 1.54) is 23.5 Å². The second kappa shape index (κ2) is 10.1. The number of fused-ring (bicyclic) bond motifs is 1. The zero-order valence-corrected chi connectivity index (χ0v) is 21.5. The molecule has 5 heterocycles. The molecule has 0 spiro atoms. The molecule has 4 aliphatic rings. The molecule has 3 amide bonds. The number of carboxylic acid groups (broad SMARTS) is 1. The van der Waals surface area contributed by atoms with E-state index in [1.807, 2.05) is 4.90 Å². The first-order valence-corrected chi connectivity index (χ1v) is 13.5. The van der Waals surface area contributed by atoms with E-state index in [2.05, 4.69) is 15.5 Å². The number of nitrogens with two attached hydrogens (primary N) is 1. The van der Waals surface area contributed by atoms with Crippen LogP contribution >= 0.6 is 23.1 Å². The van der Waals surface area contributed by atoms with Crippen molar-refractivity contribution in [3.8, 4) is 0 Å². The average Bonchev–Trinajstić information content (AvgIpc) is 3.44. The lowest BCUT2D eigenvalue weighted by Crippen LogP contribution is -2.71. The average molecular weight is 561 g/mol. The van der Waals surface area contributed by atoms with Crippen molar-refractivity contribution in [3.63, 3.8) is 0 Å². The van der Waals surface area contributed by atoms with Gasteiger partial charge in [-0.3, -0.25) is 24.7 Å². The van der Waals surface area contributed by atoms with E-state index >= 15 is 0 Å². The van der Waals surface area contributed by atoms with E-state index in [1.54, 1.807) is 11.0 Å². The molecule has 0 radical (unpaired) electrons. The van der Waals surface area contributed by atoms with Gasteiger partial charge in [0.15, 0.2) is 10.8 Å². The number of allylic oxidation sites excluding steroid dienone is 1. The maximum Gasteiger partial charge on any atom is 0.352 e. The maximum absolute atomic E-state index is 13.0. The number of nitrogens with zero attached hydrogens (tertiary/aromatic N) is 5. The van der Waals surface area contributed by atoms with Gasteiger partial charge in [-0.05, 0) is 18.1 Å². The predicted molar refractivity (Wildman–Crippen MR) is 138 cm³/mol. The Hall–Kier alpha value is -3.92. The Labute approximate surface area is 224 Å². The van der Waals surface area contributed by atoms with Gasteiger partial charge in [-0.25, -0.2) is 9.78 Å². The van der Waals surface area contributed by atoms with Crippen LogP contribution in [0.15, 0.2) is 33.5 Å². The highest BCUT2D eigenvalue weighted by atomic mass is 32.2. The number of rotatable bonds is 8. The molecular formula is C22H24N8O6S2. The molecule has 16 heteroatoms. The lowest BCUT2D eigenvalue weighted by atomic mass is 10.0. The smallest absolute Gasteiger partial charge is 0.352 e. The molecule has 5 rings (SSSR count). The van der Waals surface area contributed by atoms with Gasteiger partial charge in [0.05, 0.1) is 6.34 Å². The van der Waals surface area contributed by atoms with Crippen LogP contribution in [0.3, 0.4) is 0 Å². The molecule has 0 bridgehead atoms. The van der Waals surface area contributed by atoms with Crippen molar-refractivity contribution in [2.75, 3.05) is 37.7 Å². The third kappa shape index (κ3) is 4.49. The number of anilines is 1. The molecule has 0 aromatic carbocycles. The lowest BCUT2D eigenvalue weighted by Gasteiger charge is -2.49. The number of likely N-dealkylation sites (tertiary alicyclic amines) is 2. The number of aliphatic carboxylic acids is 1. The second-order valence-corrected chi connectivity index (χ2v) is 11.2. The van der Waals surface area contributed by atoms with Crippen molar-refractivity contribution in [2.24, 2.45) is 11.1 Å². The Balaban J connectivity index is 1.28. The van der Waals surface area contributed by atoms with Crippen molar-refractivity contribution in [2.45, 2.75) is 17.8 Å². The fourth-order valence-corrected chi connectivity index (χ4v) is 6.75. The zero-order chi connectivity index (χ0) is 27.1. The fraction of sp³-hybridized carbons (Fsp3) is 0.409. The number of thiazole rings is 1. The summed E-state index contributed by atoms with van der Waals surface area (Å²) in [6.45, 7) is 2.59. The first kappa shape index (κ1) is 25.7. The molecule has 2 atom stereocenters. The number of thioether (sulfide) groups is 1. The number of amides is 3. The number of hydrogen-bond donors (Lipinski definition) is 5. The summed E-state index contributed by atoms with van der Waals surface area (Å²) in [6.07, 6.45) is 3.33. The van der Waals surface area contributed by atoms with Gasteiger partial charge in [0.1, 0.15) is 22.8 Å². The quantitative estimate of drug-likeness (QED) is 0.0677. The standard InChI is InChI=1S/C22H24N8O6S2/c23-9-28-4-10(5-28)6-29-2-1-11(18(29)32)3-12-7-37-20-15(19(33)30(20)16(12)21(34)35)26-17(31)14(27-36)13-8-38-22(24)25-13/h3,8-10,15,20,23,36H,1-2,4-7H2,(H2,24,25)(H,26,31)(H,34,35)/b11-3+,23-9?,27-14-/t15-,20-/m1/s1. The third-order valence-corrected chi connectivity index (χ3v) is 8.75. The highest BCUT2D eigenvalue weighted by molar-refractivity contribution is 8.00. The first-order chi connectivity index (χ1) is 18.2. The van der Waals surface area contributed by atoms with Crippen molar-refractivity contribution in [1.82, 2.24) is 25.0 Å². The summed E-state index contributed by atoms with van der Waals surface area (Å²) in [6, 6.07) is -1.03. The van der Waals surface area contributed by atoms with Gasteiger partial charge in [0.2, 0.25) is 5.91 Å². The van der Waals surface area contributed by atoms with Crippen LogP contribution in [0, 0.1) is 11.3 Å². The summed E-state index contributed by atoms with van der Waals surface area (Å²) in [4.78, 5) is 59.4. The first-order valence-electron chi connectivity index (χ1n) is 11.6. The highest BCUT2D eigenvalue weighted by Gasteiger charge is 2.54. The molecular weight excluding hydrogens is 536 g/mol. The van der Waals surface area contributed by atoms with Crippen LogP contribution in [0.1, 0.15) is 12.1 Å². The molecule has 4 aliphatic heterocycles. The van der Waals surface area contributed by atoms with Gasteiger partial charge in [0, 0.05) is 48.8 Å². The van der Waals surface area contributed by atoms with Crippen molar-refractivity contribution in [1.29, 1.82) is 5.41 Å². The number of carbonyl (C=O) groups excluding carboxylic acids is 3. The van der Waals surface area contributed by atoms with E-state index in [0.29, 0.717) is 36.6 Å². The molecule has 0 unspecified atom stereocenters. The molecule has 3 saturated heterocycles. The van der Waals surface area contributed by atoms with Gasteiger partial charge in [-0.1, -0.05) is 5.16 Å². The van der Waals surface area contributed by atoms with Gasteiger partial charge < -0.3 is 31.2 Å². The molecule has 6 N–H and O–H groups in total. The lowest BCUT2D eigenvalue weighted by molar-refractivity contribution is -0.150. The molecule has 0 aliphatic carbocycles. The van der Waals surface area contributed by atoms with Crippen LogP contribution in [-0.4, -0.2) is 109 Å². The number of carboxylic acids is 1. The van der Waals surface area contributed by atoms with Crippen molar-refractivity contribution >= 4 is 64.0 Å². The number of aromatic nitrogens is 1. The van der Waals surface area contributed by atoms with E-state index in [0.717, 1.165) is 29.3 Å². The summed E-state index contributed by atoms with van der Waals surface area (Å²) in [5, 5.41) is 32.9. The monoisotopic (exact) mass is 560 g/mol. The van der Waals surface area contributed by atoms with E-state index in [9.17, 15) is 29.5 Å². The van der Waals surface area contributed by atoms with Gasteiger partial charge in [-0.2, -0.15) is 0 Å². The molecule has 3 fully saturated rings. The zero-order valence-electron chi connectivity index (χ0n) is 19.9. The normalized spacial score (nSPS) is 24.9.